The van der Waals surface area contributed by atoms with Crippen LogP contribution in [0.3, 0.4) is 0 Å². The third-order valence-electron chi connectivity index (χ3n) is 3.02. The van der Waals surface area contributed by atoms with Crippen LogP contribution in [0.15, 0.2) is 11.2 Å². The van der Waals surface area contributed by atoms with Gasteiger partial charge in [-0.3, -0.25) is 10.1 Å². The summed E-state index contributed by atoms with van der Waals surface area (Å²) in [4.78, 5) is 20.1. The number of thioether (sulfide) groups is 1. The molecule has 2 N–H and O–H groups in total. The maximum absolute atomic E-state index is 11.4. The van der Waals surface area contributed by atoms with Crippen molar-refractivity contribution in [1.29, 1.82) is 0 Å². The highest BCUT2D eigenvalue weighted by atomic mass is 32.2. The van der Waals surface area contributed by atoms with E-state index in [1.54, 1.807) is 6.92 Å². The molecule has 1 heterocycles. The highest BCUT2D eigenvalue weighted by Crippen LogP contribution is 2.26. The Balaban J connectivity index is 2.03. The quantitative estimate of drug-likeness (QED) is 0.611. The summed E-state index contributed by atoms with van der Waals surface area (Å²) in [5, 5.41) is 13.2. The number of carboxylic acids is 1. The predicted octanol–water partition coefficient (Wildman–Crippen LogP) is 1.78. The standard InChI is InChI=1S/C13H19N3O2S/c1-8-6-9(2)15-12(14-8)19-7-13(3,11(17)18)16-10-4-5-10/h6,10,16H,4-5,7H2,1-3H3,(H,17,18). The van der Waals surface area contributed by atoms with Crippen LogP contribution in [0.5, 0.6) is 0 Å². The third-order valence-corrected chi connectivity index (χ3v) is 4.19. The summed E-state index contributed by atoms with van der Waals surface area (Å²) in [6, 6.07) is 2.25. The van der Waals surface area contributed by atoms with E-state index < -0.39 is 11.5 Å². The third kappa shape index (κ3) is 3.91. The first kappa shape index (κ1) is 14.3. The zero-order chi connectivity index (χ0) is 14.0. The van der Waals surface area contributed by atoms with E-state index in [2.05, 4.69) is 15.3 Å². The Morgan fingerprint density at radius 2 is 2.05 bits per heavy atom. The van der Waals surface area contributed by atoms with E-state index in [0.29, 0.717) is 17.0 Å². The number of carbonyl (C=O) groups is 1. The Morgan fingerprint density at radius 1 is 1.47 bits per heavy atom. The van der Waals surface area contributed by atoms with Gasteiger partial charge in [0, 0.05) is 23.2 Å². The van der Waals surface area contributed by atoms with Crippen LogP contribution in [0.2, 0.25) is 0 Å². The predicted molar refractivity (Wildman–Crippen MR) is 74.4 cm³/mol. The Morgan fingerprint density at radius 3 is 2.53 bits per heavy atom. The lowest BCUT2D eigenvalue weighted by atomic mass is 10.1. The minimum absolute atomic E-state index is 0.349. The zero-order valence-corrected chi connectivity index (χ0v) is 12.3. The van der Waals surface area contributed by atoms with Crippen LogP contribution in [0.4, 0.5) is 0 Å². The van der Waals surface area contributed by atoms with E-state index >= 15 is 0 Å². The minimum Gasteiger partial charge on any atom is -0.480 e. The van der Waals surface area contributed by atoms with Crippen molar-refractivity contribution in [2.24, 2.45) is 0 Å². The second kappa shape index (κ2) is 5.46. The summed E-state index contributed by atoms with van der Waals surface area (Å²) in [5.74, 6) is -0.405. The van der Waals surface area contributed by atoms with Crippen molar-refractivity contribution >= 4 is 17.7 Å². The van der Waals surface area contributed by atoms with Gasteiger partial charge < -0.3 is 5.11 Å². The zero-order valence-electron chi connectivity index (χ0n) is 11.4. The van der Waals surface area contributed by atoms with E-state index in [-0.39, 0.29) is 0 Å². The minimum atomic E-state index is -0.924. The lowest BCUT2D eigenvalue weighted by Crippen LogP contribution is -2.52. The Labute approximate surface area is 117 Å². The maximum Gasteiger partial charge on any atom is 0.324 e. The van der Waals surface area contributed by atoms with Crippen molar-refractivity contribution in [1.82, 2.24) is 15.3 Å². The van der Waals surface area contributed by atoms with Crippen LogP contribution in [0.1, 0.15) is 31.2 Å². The molecule has 0 aromatic carbocycles. The van der Waals surface area contributed by atoms with Crippen molar-refractivity contribution in [3.05, 3.63) is 17.5 Å². The first-order chi connectivity index (χ1) is 8.89. The summed E-state index contributed by atoms with van der Waals surface area (Å²) in [5.41, 5.74) is 0.886. The molecular formula is C13H19N3O2S. The number of hydrogen-bond donors (Lipinski definition) is 2. The molecule has 19 heavy (non-hydrogen) atoms. The van der Waals surface area contributed by atoms with Crippen LogP contribution in [-0.4, -0.2) is 38.4 Å². The van der Waals surface area contributed by atoms with Crippen LogP contribution in [-0.2, 0) is 4.79 Å². The van der Waals surface area contributed by atoms with Crippen molar-refractivity contribution in [2.45, 2.75) is 50.4 Å². The lowest BCUT2D eigenvalue weighted by Gasteiger charge is -2.25. The molecule has 104 valence electrons. The summed E-state index contributed by atoms with van der Waals surface area (Å²) >= 11 is 1.39. The van der Waals surface area contributed by atoms with Crippen molar-refractivity contribution < 1.29 is 9.90 Å². The number of rotatable bonds is 6. The van der Waals surface area contributed by atoms with Gasteiger partial charge in [0.1, 0.15) is 5.54 Å². The van der Waals surface area contributed by atoms with Crippen LogP contribution < -0.4 is 5.32 Å². The first-order valence-corrected chi connectivity index (χ1v) is 7.34. The van der Waals surface area contributed by atoms with Crippen molar-refractivity contribution in [3.8, 4) is 0 Å². The molecule has 2 rings (SSSR count). The second-order valence-electron chi connectivity index (χ2n) is 5.28. The number of aliphatic carboxylic acids is 1. The highest BCUT2D eigenvalue weighted by Gasteiger charge is 2.38. The van der Waals surface area contributed by atoms with Crippen LogP contribution in [0, 0.1) is 13.8 Å². The van der Waals surface area contributed by atoms with Gasteiger partial charge in [0.2, 0.25) is 0 Å². The fourth-order valence-electron chi connectivity index (χ4n) is 1.81. The van der Waals surface area contributed by atoms with Gasteiger partial charge in [0.25, 0.3) is 0 Å². The molecule has 1 unspecified atom stereocenters. The summed E-state index contributed by atoms with van der Waals surface area (Å²) in [7, 11) is 0. The van der Waals surface area contributed by atoms with Gasteiger partial charge in [-0.2, -0.15) is 0 Å². The highest BCUT2D eigenvalue weighted by molar-refractivity contribution is 7.99. The molecule has 1 aromatic rings. The van der Waals surface area contributed by atoms with E-state index in [0.717, 1.165) is 24.2 Å². The maximum atomic E-state index is 11.4. The van der Waals surface area contributed by atoms with Crippen LogP contribution >= 0.6 is 11.8 Å². The fourth-order valence-corrected chi connectivity index (χ4v) is 2.85. The van der Waals surface area contributed by atoms with Gasteiger partial charge in [-0.05, 0) is 39.7 Å². The largest absolute Gasteiger partial charge is 0.480 e. The Hall–Kier alpha value is -1.14. The lowest BCUT2D eigenvalue weighted by molar-refractivity contribution is -0.143. The average molecular weight is 281 g/mol. The van der Waals surface area contributed by atoms with Gasteiger partial charge in [-0.1, -0.05) is 11.8 Å². The van der Waals surface area contributed by atoms with Crippen molar-refractivity contribution in [3.63, 3.8) is 0 Å². The number of nitrogens with one attached hydrogen (secondary N) is 1. The number of aryl methyl sites for hydroxylation is 2. The molecule has 1 aliphatic carbocycles. The van der Waals surface area contributed by atoms with Gasteiger partial charge in [0.05, 0.1) is 0 Å². The molecule has 1 saturated carbocycles. The molecule has 1 aromatic heterocycles. The Kier molecular flexibility index (Phi) is 4.10. The number of nitrogens with zero attached hydrogens (tertiary/aromatic N) is 2. The molecule has 0 aliphatic heterocycles. The first-order valence-electron chi connectivity index (χ1n) is 6.35. The summed E-state index contributed by atoms with van der Waals surface area (Å²) in [6.07, 6.45) is 2.13. The number of hydrogen-bond acceptors (Lipinski definition) is 5. The normalized spacial score (nSPS) is 18.1. The fraction of sp³-hybridized carbons (Fsp3) is 0.615. The molecule has 6 heteroatoms. The summed E-state index contributed by atoms with van der Waals surface area (Å²) < 4.78 is 0. The van der Waals surface area contributed by atoms with E-state index in [1.807, 2.05) is 19.9 Å². The van der Waals surface area contributed by atoms with Gasteiger partial charge in [-0.15, -0.1) is 0 Å². The number of aromatic nitrogens is 2. The van der Waals surface area contributed by atoms with Crippen molar-refractivity contribution in [2.75, 3.05) is 5.75 Å². The van der Waals surface area contributed by atoms with E-state index in [9.17, 15) is 9.90 Å². The average Bonchev–Trinajstić information content (AvgIpc) is 3.09. The smallest absolute Gasteiger partial charge is 0.324 e. The molecule has 1 fully saturated rings. The monoisotopic (exact) mass is 281 g/mol. The second-order valence-corrected chi connectivity index (χ2v) is 6.22. The SMILES string of the molecule is Cc1cc(C)nc(SCC(C)(NC2CC2)C(=O)O)n1. The molecule has 5 nitrogen and oxygen atoms in total. The molecule has 1 aliphatic rings. The van der Waals surface area contributed by atoms with E-state index in [1.165, 1.54) is 11.8 Å². The molecule has 0 spiro atoms. The molecular weight excluding hydrogens is 262 g/mol. The topological polar surface area (TPSA) is 75.1 Å². The summed E-state index contributed by atoms with van der Waals surface area (Å²) in [6.45, 7) is 5.55. The Bertz CT molecular complexity index is 471. The van der Waals surface area contributed by atoms with Gasteiger partial charge in [-0.25, -0.2) is 9.97 Å². The van der Waals surface area contributed by atoms with Crippen LogP contribution in [0.25, 0.3) is 0 Å². The number of carboxylic acid groups (broad SMARTS) is 1. The molecule has 0 radical (unpaired) electrons. The molecule has 0 bridgehead atoms. The van der Waals surface area contributed by atoms with Gasteiger partial charge >= 0.3 is 5.97 Å². The molecule has 0 saturated heterocycles. The molecule has 1 atom stereocenters. The van der Waals surface area contributed by atoms with E-state index in [4.69, 9.17) is 0 Å². The molecule has 0 amide bonds. The van der Waals surface area contributed by atoms with Gasteiger partial charge in [0.15, 0.2) is 5.16 Å².